The second-order valence-corrected chi connectivity index (χ2v) is 9.16. The van der Waals surface area contributed by atoms with Gasteiger partial charge < -0.3 is 21.1 Å². The predicted molar refractivity (Wildman–Crippen MR) is 117 cm³/mol. The van der Waals surface area contributed by atoms with Gasteiger partial charge in [-0.15, -0.1) is 0 Å². The zero-order valence-electron chi connectivity index (χ0n) is 16.3. The summed E-state index contributed by atoms with van der Waals surface area (Å²) in [6.45, 7) is 3.95. The Morgan fingerprint density at radius 2 is 1.77 bits per heavy atom. The van der Waals surface area contributed by atoms with E-state index < -0.39 is 20.7 Å². The van der Waals surface area contributed by atoms with Gasteiger partial charge in [0.05, 0.1) is 17.3 Å². The van der Waals surface area contributed by atoms with Crippen LogP contribution in [0.15, 0.2) is 23.4 Å². The Bertz CT molecular complexity index is 871. The van der Waals surface area contributed by atoms with Gasteiger partial charge in [0, 0.05) is 24.6 Å². The number of rotatable bonds is 15. The second-order valence-electron chi connectivity index (χ2n) is 6.33. The van der Waals surface area contributed by atoms with Gasteiger partial charge in [-0.3, -0.25) is 4.72 Å². The average Bonchev–Trinajstić information content (AvgIpc) is 3.20. The third kappa shape index (κ3) is 8.28. The number of halogens is 2. The van der Waals surface area contributed by atoms with E-state index in [-0.39, 0.29) is 16.8 Å². The van der Waals surface area contributed by atoms with Gasteiger partial charge in [-0.2, -0.15) is 4.37 Å². The molecule has 0 aliphatic rings. The van der Waals surface area contributed by atoms with Gasteiger partial charge in [0.25, 0.3) is 10.0 Å². The smallest absolute Gasteiger partial charge is 0.266 e. The summed E-state index contributed by atoms with van der Waals surface area (Å²) in [4.78, 5) is 3.17. The largest absolute Gasteiger partial charge is 0.395 e. The van der Waals surface area contributed by atoms with E-state index in [0.29, 0.717) is 18.8 Å². The minimum absolute atomic E-state index is 0.0442. The molecular weight excluding hydrogens is 455 g/mol. The number of benzene rings is 1. The fourth-order valence-electron chi connectivity index (χ4n) is 2.52. The van der Waals surface area contributed by atoms with E-state index in [9.17, 15) is 12.8 Å². The summed E-state index contributed by atoms with van der Waals surface area (Å²) in [6.07, 6.45) is 3.95. The zero-order valence-corrected chi connectivity index (χ0v) is 18.7. The van der Waals surface area contributed by atoms with Crippen molar-refractivity contribution in [1.29, 1.82) is 0 Å². The molecule has 0 spiro atoms. The Kier molecular flexibility index (Phi) is 10.7. The lowest BCUT2D eigenvalue weighted by molar-refractivity contribution is 0.292. The van der Waals surface area contributed by atoms with E-state index in [1.54, 1.807) is 0 Å². The molecule has 0 saturated heterocycles. The standard InChI is InChI=1S/C17H26ClFN6O3S2/c18-13-10-16(30(27,28)25-17-23-12-24-29-17)14(19)11-15(13)22-7-2-1-4-20-5-3-6-21-8-9-26/h10-12,20-22,26H,1-9H2,(H,23,24,25). The van der Waals surface area contributed by atoms with Gasteiger partial charge in [-0.25, -0.2) is 17.8 Å². The first-order valence-corrected chi connectivity index (χ1v) is 12.1. The van der Waals surface area contributed by atoms with Crippen LogP contribution in [0, 0.1) is 5.82 Å². The second kappa shape index (κ2) is 13.0. The Hall–Kier alpha value is -1.57. The van der Waals surface area contributed by atoms with Crippen molar-refractivity contribution < 1.29 is 17.9 Å². The molecule has 0 saturated carbocycles. The lowest BCUT2D eigenvalue weighted by Crippen LogP contribution is -2.24. The summed E-state index contributed by atoms with van der Waals surface area (Å²) >= 11 is 6.99. The monoisotopic (exact) mass is 480 g/mol. The van der Waals surface area contributed by atoms with E-state index in [4.69, 9.17) is 16.7 Å². The Morgan fingerprint density at radius 3 is 2.47 bits per heavy atom. The van der Waals surface area contributed by atoms with Crippen molar-refractivity contribution in [2.24, 2.45) is 0 Å². The van der Waals surface area contributed by atoms with Gasteiger partial charge >= 0.3 is 0 Å². The molecular formula is C17H26ClFN6O3S2. The lowest BCUT2D eigenvalue weighted by atomic mass is 10.2. The van der Waals surface area contributed by atoms with E-state index in [2.05, 4.69) is 30.0 Å². The van der Waals surface area contributed by atoms with E-state index in [1.165, 1.54) is 6.33 Å². The molecule has 1 heterocycles. The van der Waals surface area contributed by atoms with Gasteiger partial charge in [0.15, 0.2) is 0 Å². The fourth-order valence-corrected chi connectivity index (χ4v) is 4.57. The summed E-state index contributed by atoms with van der Waals surface area (Å²) in [5.74, 6) is -0.907. The van der Waals surface area contributed by atoms with Crippen LogP contribution in [0.2, 0.25) is 5.02 Å². The van der Waals surface area contributed by atoms with Crippen LogP contribution in [0.4, 0.5) is 15.2 Å². The van der Waals surface area contributed by atoms with Gasteiger partial charge in [-0.1, -0.05) is 11.6 Å². The van der Waals surface area contributed by atoms with Gasteiger partial charge in [-0.05, 0) is 51.0 Å². The zero-order chi connectivity index (χ0) is 21.8. The van der Waals surface area contributed by atoms with Crippen LogP contribution in [0.3, 0.4) is 0 Å². The molecule has 0 fully saturated rings. The molecule has 30 heavy (non-hydrogen) atoms. The highest BCUT2D eigenvalue weighted by Crippen LogP contribution is 2.29. The van der Waals surface area contributed by atoms with Crippen LogP contribution in [0.1, 0.15) is 19.3 Å². The van der Waals surface area contributed by atoms with Gasteiger partial charge in [0.1, 0.15) is 17.0 Å². The van der Waals surface area contributed by atoms with Crippen molar-refractivity contribution in [1.82, 2.24) is 20.0 Å². The molecule has 0 amide bonds. The maximum Gasteiger partial charge on any atom is 0.266 e. The number of sulfonamides is 1. The molecule has 2 rings (SSSR count). The molecule has 0 radical (unpaired) electrons. The number of nitrogens with one attached hydrogen (secondary N) is 4. The fraction of sp³-hybridized carbons (Fsp3) is 0.529. The van der Waals surface area contributed by atoms with Crippen LogP contribution in [0.25, 0.3) is 0 Å². The first kappa shape index (κ1) is 24.7. The Balaban J connectivity index is 1.74. The number of anilines is 2. The maximum atomic E-state index is 14.4. The quantitative estimate of drug-likeness (QED) is 0.244. The van der Waals surface area contributed by atoms with Crippen LogP contribution in [-0.4, -0.2) is 62.2 Å². The highest BCUT2D eigenvalue weighted by molar-refractivity contribution is 7.93. The normalized spacial score (nSPS) is 11.6. The molecule has 5 N–H and O–H groups in total. The van der Waals surface area contributed by atoms with Crippen molar-refractivity contribution in [3.63, 3.8) is 0 Å². The maximum absolute atomic E-state index is 14.4. The summed E-state index contributed by atoms with van der Waals surface area (Å²) in [5.41, 5.74) is 0.340. The first-order valence-electron chi connectivity index (χ1n) is 9.48. The van der Waals surface area contributed by atoms with E-state index >= 15 is 0 Å². The third-order valence-electron chi connectivity index (χ3n) is 3.99. The molecule has 0 atom stereocenters. The van der Waals surface area contributed by atoms with Crippen molar-refractivity contribution in [2.45, 2.75) is 24.2 Å². The summed E-state index contributed by atoms with van der Waals surface area (Å²) in [7, 11) is -4.15. The first-order chi connectivity index (χ1) is 14.4. The minimum Gasteiger partial charge on any atom is -0.395 e. The molecule has 0 aliphatic carbocycles. The molecule has 1 aromatic heterocycles. The van der Waals surface area contributed by atoms with Crippen molar-refractivity contribution >= 4 is 44.0 Å². The van der Waals surface area contributed by atoms with Crippen molar-refractivity contribution in [3.05, 3.63) is 29.3 Å². The molecule has 13 heteroatoms. The Labute approximate surface area is 184 Å². The van der Waals surface area contributed by atoms with Gasteiger partial charge in [0.2, 0.25) is 5.13 Å². The van der Waals surface area contributed by atoms with E-state index in [0.717, 1.165) is 62.6 Å². The number of hydrogen-bond acceptors (Lipinski definition) is 9. The van der Waals surface area contributed by atoms with Crippen molar-refractivity contribution in [2.75, 3.05) is 49.4 Å². The number of aliphatic hydroxyl groups excluding tert-OH is 1. The lowest BCUT2D eigenvalue weighted by Gasteiger charge is -2.12. The highest BCUT2D eigenvalue weighted by atomic mass is 35.5. The summed E-state index contributed by atoms with van der Waals surface area (Å²) in [6, 6.07) is 2.16. The van der Waals surface area contributed by atoms with Crippen LogP contribution < -0.4 is 20.7 Å². The van der Waals surface area contributed by atoms with Crippen LogP contribution in [-0.2, 0) is 10.0 Å². The predicted octanol–water partition coefficient (Wildman–Crippen LogP) is 1.89. The molecule has 1 aromatic carbocycles. The molecule has 0 bridgehead atoms. The third-order valence-corrected chi connectivity index (χ3v) is 6.36. The SMILES string of the molecule is O=S(=O)(Nc1ncns1)c1cc(Cl)c(NCCCCNCCCNCCO)cc1F. The molecule has 168 valence electrons. The number of aliphatic hydroxyl groups is 1. The van der Waals surface area contributed by atoms with Crippen LogP contribution in [0.5, 0.6) is 0 Å². The minimum atomic E-state index is -4.15. The number of hydrogen-bond donors (Lipinski definition) is 5. The van der Waals surface area contributed by atoms with Crippen molar-refractivity contribution in [3.8, 4) is 0 Å². The number of aromatic nitrogens is 2. The number of unbranched alkanes of at least 4 members (excludes halogenated alkanes) is 1. The Morgan fingerprint density at radius 1 is 1.07 bits per heavy atom. The summed E-state index contributed by atoms with van der Waals surface area (Å²) in [5, 5.41) is 18.3. The summed E-state index contributed by atoms with van der Waals surface area (Å²) < 4.78 is 44.9. The average molecular weight is 481 g/mol. The molecule has 9 nitrogen and oxygen atoms in total. The molecule has 2 aromatic rings. The van der Waals surface area contributed by atoms with Crippen LogP contribution >= 0.6 is 23.1 Å². The molecule has 0 unspecified atom stereocenters. The van der Waals surface area contributed by atoms with E-state index in [1.807, 2.05) is 0 Å². The topological polar surface area (TPSA) is 128 Å². The molecule has 0 aliphatic heterocycles. The number of nitrogens with zero attached hydrogens (tertiary/aromatic N) is 2. The highest BCUT2D eigenvalue weighted by Gasteiger charge is 2.22.